The van der Waals surface area contributed by atoms with Gasteiger partial charge < -0.3 is 4.74 Å². The van der Waals surface area contributed by atoms with Crippen LogP contribution in [0.4, 0.5) is 5.69 Å². The van der Waals surface area contributed by atoms with Crippen LogP contribution >= 0.6 is 69.6 Å². The maximum absolute atomic E-state index is 13.4. The Bertz CT molecular complexity index is 888. The molecule has 10 heteroatoms. The Labute approximate surface area is 191 Å². The molecular formula is C18H13Cl6NO3. The van der Waals surface area contributed by atoms with Crippen molar-refractivity contribution in [2.45, 2.75) is 27.4 Å². The number of hydrogen-bond donors (Lipinski definition) is 0. The first kappa shape index (κ1) is 20.9. The molecule has 0 N–H and O–H groups in total. The number of amides is 2. The molecule has 1 aliphatic heterocycles. The topological polar surface area (TPSA) is 46.6 Å². The number of carbonyl (C=O) groups is 2. The van der Waals surface area contributed by atoms with Crippen molar-refractivity contribution in [2.24, 2.45) is 11.8 Å². The lowest BCUT2D eigenvalue weighted by Crippen LogP contribution is -2.50. The van der Waals surface area contributed by atoms with Gasteiger partial charge in [-0.25, -0.2) is 4.90 Å². The largest absolute Gasteiger partial charge is 0.491 e. The Kier molecular flexibility index (Phi) is 4.90. The van der Waals surface area contributed by atoms with Crippen molar-refractivity contribution >= 4 is 87.1 Å². The molecule has 0 spiro atoms. The SMILES string of the molecule is CCCOc1ccccc1N1C(=O)[C@@H]2[C@@H](C1=O)[C@@]1(Cl)C(Cl)=C(Cl)[C@@]2(Cl)C1(Cl)Cl. The number of para-hydroxylation sites is 2. The molecule has 3 aliphatic rings. The number of hydrogen-bond acceptors (Lipinski definition) is 3. The number of fused-ring (bicyclic) bond motifs is 5. The van der Waals surface area contributed by atoms with Gasteiger partial charge in [0.1, 0.15) is 15.5 Å². The number of carbonyl (C=O) groups excluding carboxylic acids is 2. The van der Waals surface area contributed by atoms with E-state index in [2.05, 4.69) is 0 Å². The molecule has 4 atom stereocenters. The number of allylic oxidation sites excluding steroid dienone is 2. The number of anilines is 1. The third kappa shape index (κ3) is 2.17. The highest BCUT2D eigenvalue weighted by atomic mass is 35.5. The molecule has 0 aromatic heterocycles. The van der Waals surface area contributed by atoms with Gasteiger partial charge in [-0.05, 0) is 18.6 Å². The molecule has 28 heavy (non-hydrogen) atoms. The average molecular weight is 504 g/mol. The molecule has 1 aromatic carbocycles. The fourth-order valence-electron chi connectivity index (χ4n) is 4.21. The summed E-state index contributed by atoms with van der Waals surface area (Å²) in [6, 6.07) is 6.72. The molecule has 1 aromatic rings. The van der Waals surface area contributed by atoms with Crippen LogP contribution in [0.5, 0.6) is 5.75 Å². The Morgan fingerprint density at radius 2 is 1.46 bits per heavy atom. The van der Waals surface area contributed by atoms with Crippen LogP contribution in [-0.4, -0.2) is 32.5 Å². The molecule has 0 radical (unpaired) electrons. The zero-order valence-electron chi connectivity index (χ0n) is 14.3. The molecule has 1 saturated heterocycles. The van der Waals surface area contributed by atoms with Crippen LogP contribution in [0.3, 0.4) is 0 Å². The Morgan fingerprint density at radius 1 is 0.964 bits per heavy atom. The highest BCUT2D eigenvalue weighted by Crippen LogP contribution is 2.77. The van der Waals surface area contributed by atoms with Gasteiger partial charge in [0, 0.05) is 0 Å². The number of rotatable bonds is 4. The summed E-state index contributed by atoms with van der Waals surface area (Å²) in [6.45, 7) is 2.37. The van der Waals surface area contributed by atoms with E-state index >= 15 is 0 Å². The summed E-state index contributed by atoms with van der Waals surface area (Å²) in [5, 5.41) is -0.230. The first-order valence-electron chi connectivity index (χ1n) is 8.48. The van der Waals surface area contributed by atoms with Crippen molar-refractivity contribution < 1.29 is 14.3 Å². The summed E-state index contributed by atoms with van der Waals surface area (Å²) in [7, 11) is 0. The summed E-state index contributed by atoms with van der Waals surface area (Å²) in [5.74, 6) is -3.15. The number of imide groups is 1. The lowest BCUT2D eigenvalue weighted by Gasteiger charge is -2.34. The van der Waals surface area contributed by atoms with Gasteiger partial charge in [0.25, 0.3) is 0 Å². The number of benzene rings is 1. The van der Waals surface area contributed by atoms with Gasteiger partial charge in [-0.3, -0.25) is 9.59 Å². The normalized spacial score (nSPS) is 35.8. The second-order valence-electron chi connectivity index (χ2n) is 6.91. The molecule has 1 saturated carbocycles. The van der Waals surface area contributed by atoms with Gasteiger partial charge in [0.05, 0.1) is 34.2 Å². The highest BCUT2D eigenvalue weighted by Gasteiger charge is 2.87. The molecule has 1 heterocycles. The van der Waals surface area contributed by atoms with E-state index in [1.54, 1.807) is 24.3 Å². The van der Waals surface area contributed by atoms with Gasteiger partial charge in [0.2, 0.25) is 11.8 Å². The monoisotopic (exact) mass is 501 g/mol. The summed E-state index contributed by atoms with van der Waals surface area (Å²) in [5.41, 5.74) is 0.294. The van der Waals surface area contributed by atoms with E-state index in [4.69, 9.17) is 74.3 Å². The molecule has 150 valence electrons. The highest BCUT2D eigenvalue weighted by molar-refractivity contribution is 6.67. The lowest BCUT2D eigenvalue weighted by molar-refractivity contribution is -0.123. The first-order valence-corrected chi connectivity index (χ1v) is 10.7. The molecule has 2 amide bonds. The zero-order valence-corrected chi connectivity index (χ0v) is 18.9. The Morgan fingerprint density at radius 3 is 1.96 bits per heavy atom. The van der Waals surface area contributed by atoms with Crippen molar-refractivity contribution in [3.63, 3.8) is 0 Å². The van der Waals surface area contributed by atoms with Gasteiger partial charge in [0.15, 0.2) is 4.33 Å². The zero-order chi connectivity index (χ0) is 20.6. The third-order valence-electron chi connectivity index (χ3n) is 5.48. The van der Waals surface area contributed by atoms with Crippen molar-refractivity contribution in [2.75, 3.05) is 11.5 Å². The molecular weight excluding hydrogens is 491 g/mol. The Balaban J connectivity index is 1.85. The van der Waals surface area contributed by atoms with Crippen LogP contribution in [-0.2, 0) is 9.59 Å². The fraction of sp³-hybridized carbons (Fsp3) is 0.444. The predicted molar refractivity (Wildman–Crippen MR) is 112 cm³/mol. The molecule has 0 unspecified atom stereocenters. The van der Waals surface area contributed by atoms with Gasteiger partial charge in [-0.15, -0.1) is 23.2 Å². The minimum absolute atomic E-state index is 0.115. The minimum Gasteiger partial charge on any atom is -0.491 e. The second-order valence-corrected chi connectivity index (χ2v) is 10.2. The number of alkyl halides is 4. The van der Waals surface area contributed by atoms with Gasteiger partial charge in [-0.2, -0.15) is 0 Å². The van der Waals surface area contributed by atoms with Gasteiger partial charge >= 0.3 is 0 Å². The second kappa shape index (κ2) is 6.57. The summed E-state index contributed by atoms with van der Waals surface area (Å²) in [6.07, 6.45) is 0.757. The van der Waals surface area contributed by atoms with E-state index in [1.807, 2.05) is 6.92 Å². The van der Waals surface area contributed by atoms with Gasteiger partial charge in [-0.1, -0.05) is 65.5 Å². The predicted octanol–water partition coefficient (Wildman–Crippen LogP) is 5.43. The fourth-order valence-corrected chi connectivity index (χ4v) is 7.14. The van der Waals surface area contributed by atoms with Crippen LogP contribution in [0.2, 0.25) is 0 Å². The smallest absolute Gasteiger partial charge is 0.240 e. The standard InChI is InChI=1S/C18H13Cl6NO3/c1-2-7-28-9-6-4-3-5-8(9)25-14(26)10-11(15(25)27)17(22)13(20)12(19)16(10,21)18(17,23)24/h3-6,10-11H,2,7H2,1H3/t10-,11-,16+,17+/m0/s1. The van der Waals surface area contributed by atoms with Crippen LogP contribution in [0.15, 0.2) is 34.3 Å². The summed E-state index contributed by atoms with van der Waals surface area (Å²) < 4.78 is 3.75. The van der Waals surface area contributed by atoms with E-state index in [-0.39, 0.29) is 10.1 Å². The maximum Gasteiger partial charge on any atom is 0.240 e. The van der Waals surface area contributed by atoms with Crippen LogP contribution in [0.1, 0.15) is 13.3 Å². The quantitative estimate of drug-likeness (QED) is 0.407. The lowest BCUT2D eigenvalue weighted by atomic mass is 9.84. The van der Waals surface area contributed by atoms with E-state index in [1.165, 1.54) is 0 Å². The van der Waals surface area contributed by atoms with E-state index in [9.17, 15) is 9.59 Å². The first-order chi connectivity index (χ1) is 13.1. The summed E-state index contributed by atoms with van der Waals surface area (Å²) >= 11 is 39.0. The average Bonchev–Trinajstić information content (AvgIpc) is 3.04. The molecule has 2 bridgehead atoms. The molecule has 2 fully saturated rings. The molecule has 4 rings (SSSR count). The van der Waals surface area contributed by atoms with Crippen molar-refractivity contribution in [3.8, 4) is 5.75 Å². The maximum atomic E-state index is 13.4. The van der Waals surface area contributed by atoms with E-state index < -0.39 is 37.7 Å². The minimum atomic E-state index is -1.94. The number of ether oxygens (including phenoxy) is 1. The number of nitrogens with zero attached hydrogens (tertiary/aromatic N) is 1. The van der Waals surface area contributed by atoms with Crippen LogP contribution in [0, 0.1) is 11.8 Å². The van der Waals surface area contributed by atoms with Crippen LogP contribution in [0.25, 0.3) is 0 Å². The molecule has 2 aliphatic carbocycles. The number of halogens is 6. The third-order valence-corrected chi connectivity index (χ3v) is 9.74. The van der Waals surface area contributed by atoms with E-state index in [0.717, 1.165) is 11.3 Å². The Hall–Kier alpha value is -0.360. The summed E-state index contributed by atoms with van der Waals surface area (Å²) in [4.78, 5) is 24.1. The van der Waals surface area contributed by atoms with Crippen molar-refractivity contribution in [3.05, 3.63) is 34.3 Å². The van der Waals surface area contributed by atoms with Crippen LogP contribution < -0.4 is 9.64 Å². The van der Waals surface area contributed by atoms with E-state index in [0.29, 0.717) is 18.0 Å². The van der Waals surface area contributed by atoms with Crippen molar-refractivity contribution in [1.82, 2.24) is 0 Å². The van der Waals surface area contributed by atoms with Crippen molar-refractivity contribution in [1.29, 1.82) is 0 Å². The molecule has 4 nitrogen and oxygen atoms in total.